The minimum Gasteiger partial charge on any atom is -0.481 e. The van der Waals surface area contributed by atoms with Gasteiger partial charge in [0.25, 0.3) is 0 Å². The summed E-state index contributed by atoms with van der Waals surface area (Å²) < 4.78 is 0. The van der Waals surface area contributed by atoms with Gasteiger partial charge in [0, 0.05) is 44.5 Å². The topological polar surface area (TPSA) is 85.8 Å². The van der Waals surface area contributed by atoms with E-state index >= 15 is 0 Å². The zero-order chi connectivity index (χ0) is 16.1. The van der Waals surface area contributed by atoms with E-state index in [1.807, 2.05) is 0 Å². The first-order chi connectivity index (χ1) is 10.5. The zero-order valence-electron chi connectivity index (χ0n) is 13.0. The molecule has 0 aliphatic carbocycles. The number of likely N-dealkylation sites (N-methyl/N-ethyl adjacent to an activating group) is 1. The van der Waals surface area contributed by atoms with E-state index in [4.69, 9.17) is 5.11 Å². The number of carboxylic acid groups (broad SMARTS) is 1. The number of carbonyl (C=O) groups is 2. The molecule has 0 spiro atoms. The van der Waals surface area contributed by atoms with Gasteiger partial charge >= 0.3 is 5.97 Å². The number of amides is 1. The molecule has 2 heterocycles. The first-order valence-corrected chi connectivity index (χ1v) is 8.22. The Balaban J connectivity index is 2.06. The van der Waals surface area contributed by atoms with Crippen LogP contribution in [0.1, 0.15) is 24.4 Å². The molecule has 1 saturated heterocycles. The second kappa shape index (κ2) is 7.66. The fraction of sp³-hybridized carbons (Fsp3) is 0.643. The third kappa shape index (κ3) is 4.75. The Morgan fingerprint density at radius 3 is 2.45 bits per heavy atom. The van der Waals surface area contributed by atoms with Crippen LogP contribution in [0, 0.1) is 0 Å². The molecule has 0 bridgehead atoms. The van der Waals surface area contributed by atoms with Crippen molar-refractivity contribution in [3.8, 4) is 0 Å². The van der Waals surface area contributed by atoms with Crippen LogP contribution in [0.25, 0.3) is 0 Å². The molecule has 8 heteroatoms. The van der Waals surface area contributed by atoms with Gasteiger partial charge in [-0.1, -0.05) is 6.92 Å². The van der Waals surface area contributed by atoms with Crippen LogP contribution in [-0.2, 0) is 22.6 Å². The Hall–Kier alpha value is -1.51. The molecule has 1 amide bonds. The lowest BCUT2D eigenvalue weighted by atomic mass is 10.2. The molecule has 0 radical (unpaired) electrons. The van der Waals surface area contributed by atoms with Crippen LogP contribution in [0.2, 0.25) is 0 Å². The number of nitrogens with one attached hydrogen (secondary N) is 1. The third-order valence-corrected chi connectivity index (χ3v) is 4.66. The van der Waals surface area contributed by atoms with Gasteiger partial charge in [0.2, 0.25) is 5.91 Å². The largest absolute Gasteiger partial charge is 0.481 e. The van der Waals surface area contributed by atoms with Crippen LogP contribution < -0.4 is 5.32 Å². The molecule has 0 aromatic carbocycles. The van der Waals surface area contributed by atoms with Crippen molar-refractivity contribution in [1.82, 2.24) is 14.8 Å². The fourth-order valence-corrected chi connectivity index (χ4v) is 3.53. The summed E-state index contributed by atoms with van der Waals surface area (Å²) in [5, 5.41) is 12.1. The molecule has 1 aromatic rings. The summed E-state index contributed by atoms with van der Waals surface area (Å²) in [6, 6.07) is 0. The second-order valence-electron chi connectivity index (χ2n) is 5.35. The van der Waals surface area contributed by atoms with E-state index in [9.17, 15) is 9.59 Å². The first-order valence-electron chi connectivity index (χ1n) is 7.40. The van der Waals surface area contributed by atoms with Gasteiger partial charge in [0.05, 0.1) is 12.1 Å². The summed E-state index contributed by atoms with van der Waals surface area (Å²) in [7, 11) is 0. The van der Waals surface area contributed by atoms with E-state index in [1.54, 1.807) is 0 Å². The minimum absolute atomic E-state index is 0.111. The molecule has 22 heavy (non-hydrogen) atoms. The Labute approximate surface area is 133 Å². The molecule has 2 N–H and O–H groups in total. The number of nitrogens with zero attached hydrogens (tertiary/aromatic N) is 3. The standard InChI is InChI=1S/C14H22N4O3S/c1-3-17-4-6-18(7-5-17)9-12-11(8-13(20)21)16-14(22-12)15-10(2)19/h3-9H2,1-2H3,(H,20,21)(H,15,16,19). The molecule has 1 aromatic heterocycles. The molecule has 1 fully saturated rings. The number of rotatable bonds is 6. The fourth-order valence-electron chi connectivity index (χ4n) is 2.46. The third-order valence-electron chi connectivity index (χ3n) is 3.66. The van der Waals surface area contributed by atoms with E-state index < -0.39 is 5.97 Å². The van der Waals surface area contributed by atoms with Gasteiger partial charge < -0.3 is 15.3 Å². The lowest BCUT2D eigenvalue weighted by Gasteiger charge is -2.33. The van der Waals surface area contributed by atoms with Gasteiger partial charge in [-0.05, 0) is 6.54 Å². The van der Waals surface area contributed by atoms with Gasteiger partial charge in [0.15, 0.2) is 5.13 Å². The first kappa shape index (κ1) is 16.9. The van der Waals surface area contributed by atoms with Crippen LogP contribution in [0.4, 0.5) is 5.13 Å². The van der Waals surface area contributed by atoms with Crippen molar-refractivity contribution in [2.24, 2.45) is 0 Å². The number of carboxylic acids is 1. The van der Waals surface area contributed by atoms with Crippen molar-refractivity contribution in [3.63, 3.8) is 0 Å². The average Bonchev–Trinajstić information content (AvgIpc) is 2.79. The highest BCUT2D eigenvalue weighted by Crippen LogP contribution is 2.25. The SMILES string of the molecule is CCN1CCN(Cc2sc(NC(C)=O)nc2CC(=O)O)CC1. The highest BCUT2D eigenvalue weighted by molar-refractivity contribution is 7.15. The molecule has 0 atom stereocenters. The molecular formula is C14H22N4O3S. The summed E-state index contributed by atoms with van der Waals surface area (Å²) in [6.45, 7) is 9.32. The quantitative estimate of drug-likeness (QED) is 0.807. The maximum absolute atomic E-state index is 11.1. The Morgan fingerprint density at radius 1 is 1.27 bits per heavy atom. The highest BCUT2D eigenvalue weighted by Gasteiger charge is 2.20. The Bertz CT molecular complexity index is 538. The Kier molecular flexibility index (Phi) is 5.87. The number of hydrogen-bond acceptors (Lipinski definition) is 6. The average molecular weight is 326 g/mol. The number of aliphatic carboxylic acids is 1. The Morgan fingerprint density at radius 2 is 1.91 bits per heavy atom. The normalized spacial score (nSPS) is 16.6. The van der Waals surface area contributed by atoms with Crippen LogP contribution in [0.3, 0.4) is 0 Å². The number of piperazine rings is 1. The van der Waals surface area contributed by atoms with Crippen molar-refractivity contribution < 1.29 is 14.7 Å². The van der Waals surface area contributed by atoms with E-state index in [2.05, 4.69) is 27.0 Å². The van der Waals surface area contributed by atoms with Crippen molar-refractivity contribution in [2.75, 3.05) is 38.0 Å². The lowest BCUT2D eigenvalue weighted by molar-refractivity contribution is -0.136. The van der Waals surface area contributed by atoms with Gasteiger partial charge in [-0.2, -0.15) is 0 Å². The highest BCUT2D eigenvalue weighted by atomic mass is 32.1. The number of anilines is 1. The molecular weight excluding hydrogens is 304 g/mol. The molecule has 0 unspecified atom stereocenters. The molecule has 2 rings (SSSR count). The van der Waals surface area contributed by atoms with Gasteiger partial charge in [0.1, 0.15) is 0 Å². The smallest absolute Gasteiger partial charge is 0.309 e. The number of aromatic nitrogens is 1. The van der Waals surface area contributed by atoms with Crippen molar-refractivity contribution in [2.45, 2.75) is 26.8 Å². The summed E-state index contributed by atoms with van der Waals surface area (Å²) in [6.07, 6.45) is -0.111. The van der Waals surface area contributed by atoms with Crippen LogP contribution in [-0.4, -0.2) is 64.5 Å². The molecule has 122 valence electrons. The predicted molar refractivity (Wildman–Crippen MR) is 85.1 cm³/mol. The predicted octanol–water partition coefficient (Wildman–Crippen LogP) is 0.866. The number of hydrogen-bond donors (Lipinski definition) is 2. The van der Waals surface area contributed by atoms with Crippen molar-refractivity contribution in [1.29, 1.82) is 0 Å². The maximum atomic E-state index is 11.1. The molecule has 1 aliphatic heterocycles. The van der Waals surface area contributed by atoms with Crippen molar-refractivity contribution >= 4 is 28.3 Å². The van der Waals surface area contributed by atoms with Crippen molar-refractivity contribution in [3.05, 3.63) is 10.6 Å². The van der Waals surface area contributed by atoms with Crippen LogP contribution >= 0.6 is 11.3 Å². The second-order valence-corrected chi connectivity index (χ2v) is 6.43. The van der Waals surface area contributed by atoms with Crippen LogP contribution in [0.5, 0.6) is 0 Å². The van der Waals surface area contributed by atoms with Gasteiger partial charge in [-0.25, -0.2) is 4.98 Å². The summed E-state index contributed by atoms with van der Waals surface area (Å²) in [4.78, 5) is 32.0. The monoisotopic (exact) mass is 326 g/mol. The number of thiazole rings is 1. The number of carbonyl (C=O) groups excluding carboxylic acids is 1. The summed E-state index contributed by atoms with van der Waals surface area (Å²) in [5.74, 6) is -1.10. The van der Waals surface area contributed by atoms with Crippen LogP contribution in [0.15, 0.2) is 0 Å². The minimum atomic E-state index is -0.906. The molecule has 7 nitrogen and oxygen atoms in total. The maximum Gasteiger partial charge on any atom is 0.309 e. The summed E-state index contributed by atoms with van der Waals surface area (Å²) in [5.41, 5.74) is 0.555. The van der Waals surface area contributed by atoms with E-state index in [-0.39, 0.29) is 12.3 Å². The van der Waals surface area contributed by atoms with E-state index in [0.29, 0.717) is 17.4 Å². The van der Waals surface area contributed by atoms with E-state index in [1.165, 1.54) is 18.3 Å². The van der Waals surface area contributed by atoms with Gasteiger partial charge in [-0.3, -0.25) is 14.5 Å². The molecule has 1 aliphatic rings. The zero-order valence-corrected chi connectivity index (χ0v) is 13.8. The lowest BCUT2D eigenvalue weighted by Crippen LogP contribution is -2.45. The van der Waals surface area contributed by atoms with E-state index in [0.717, 1.165) is 37.6 Å². The summed E-state index contributed by atoms with van der Waals surface area (Å²) >= 11 is 1.37. The van der Waals surface area contributed by atoms with Gasteiger partial charge in [-0.15, -0.1) is 11.3 Å². The molecule has 0 saturated carbocycles.